The first kappa shape index (κ1) is 25.0. The van der Waals surface area contributed by atoms with Crippen LogP contribution in [0.15, 0.2) is 115 Å². The van der Waals surface area contributed by atoms with Crippen molar-refractivity contribution in [2.45, 2.75) is 25.9 Å². The Morgan fingerprint density at radius 1 is 0.763 bits per heavy atom. The summed E-state index contributed by atoms with van der Waals surface area (Å²) in [5.74, 6) is -0.184. The lowest BCUT2D eigenvalue weighted by Crippen LogP contribution is -2.05. The van der Waals surface area contributed by atoms with Gasteiger partial charge in [-0.3, -0.25) is 9.48 Å². The topological polar surface area (TPSA) is 56.1 Å². The largest absolute Gasteiger partial charge is 0.469 e. The van der Waals surface area contributed by atoms with Gasteiger partial charge in [-0.05, 0) is 46.9 Å². The maximum Gasteiger partial charge on any atom is 0.305 e. The molecule has 0 aliphatic rings. The van der Waals surface area contributed by atoms with E-state index in [2.05, 4.69) is 76.7 Å². The van der Waals surface area contributed by atoms with Gasteiger partial charge in [0.1, 0.15) is 0 Å². The van der Waals surface area contributed by atoms with E-state index in [4.69, 9.17) is 9.84 Å². The van der Waals surface area contributed by atoms with Gasteiger partial charge in [-0.2, -0.15) is 5.10 Å². The van der Waals surface area contributed by atoms with E-state index in [9.17, 15) is 4.79 Å². The Balaban J connectivity index is 1.24. The van der Waals surface area contributed by atoms with Crippen LogP contribution in [0.5, 0.6) is 0 Å². The third kappa shape index (κ3) is 6.37. The van der Waals surface area contributed by atoms with Crippen molar-refractivity contribution in [3.8, 4) is 22.5 Å². The minimum atomic E-state index is -0.184. The first-order chi connectivity index (χ1) is 18.7. The summed E-state index contributed by atoms with van der Waals surface area (Å²) in [6.07, 6.45) is 1.08. The van der Waals surface area contributed by atoms with Crippen molar-refractivity contribution < 1.29 is 9.53 Å². The number of anilines is 1. The van der Waals surface area contributed by atoms with Crippen molar-refractivity contribution in [3.63, 3.8) is 0 Å². The van der Waals surface area contributed by atoms with Gasteiger partial charge in [-0.15, -0.1) is 0 Å². The number of nitrogens with zero attached hydrogens (tertiary/aromatic N) is 2. The van der Waals surface area contributed by atoms with E-state index in [1.807, 2.05) is 48.5 Å². The van der Waals surface area contributed by atoms with Gasteiger partial charge in [0.05, 0.1) is 25.0 Å². The molecule has 1 heterocycles. The van der Waals surface area contributed by atoms with Gasteiger partial charge in [0.15, 0.2) is 0 Å². The third-order valence-electron chi connectivity index (χ3n) is 6.57. The predicted molar refractivity (Wildman–Crippen MR) is 153 cm³/mol. The fourth-order valence-electron chi connectivity index (χ4n) is 4.41. The number of esters is 1. The Morgan fingerprint density at radius 2 is 1.37 bits per heavy atom. The van der Waals surface area contributed by atoms with Crippen molar-refractivity contribution in [1.29, 1.82) is 0 Å². The zero-order chi connectivity index (χ0) is 26.2. The molecular formula is C33H31N3O2. The maximum absolute atomic E-state index is 11.3. The highest BCUT2D eigenvalue weighted by atomic mass is 16.5. The van der Waals surface area contributed by atoms with E-state index in [-0.39, 0.29) is 5.97 Å². The lowest BCUT2D eigenvalue weighted by Gasteiger charge is -2.10. The monoisotopic (exact) mass is 501 g/mol. The van der Waals surface area contributed by atoms with Crippen LogP contribution in [0.25, 0.3) is 22.5 Å². The maximum atomic E-state index is 11.3. The Bertz CT molecular complexity index is 1460. The highest BCUT2D eigenvalue weighted by Crippen LogP contribution is 2.27. The zero-order valence-corrected chi connectivity index (χ0v) is 21.5. The van der Waals surface area contributed by atoms with Crippen molar-refractivity contribution >= 4 is 11.7 Å². The van der Waals surface area contributed by atoms with Crippen LogP contribution in [-0.2, 0) is 29.0 Å². The molecule has 0 radical (unpaired) electrons. The first-order valence-electron chi connectivity index (χ1n) is 12.8. The molecule has 0 spiro atoms. The molecule has 0 aliphatic heterocycles. The molecule has 0 atom stereocenters. The van der Waals surface area contributed by atoms with E-state index < -0.39 is 0 Å². The van der Waals surface area contributed by atoms with Gasteiger partial charge in [-0.25, -0.2) is 0 Å². The number of hydrogen-bond acceptors (Lipinski definition) is 4. The second-order valence-electron chi connectivity index (χ2n) is 9.25. The number of aromatic nitrogens is 2. The first-order valence-corrected chi connectivity index (χ1v) is 12.8. The van der Waals surface area contributed by atoms with Gasteiger partial charge in [0, 0.05) is 24.2 Å². The van der Waals surface area contributed by atoms with Gasteiger partial charge < -0.3 is 10.1 Å². The Hall–Kier alpha value is -4.64. The van der Waals surface area contributed by atoms with Crippen LogP contribution < -0.4 is 5.32 Å². The molecule has 1 N–H and O–H groups in total. The molecule has 0 amide bonds. The number of benzene rings is 4. The molecule has 5 heteroatoms. The van der Waals surface area contributed by atoms with E-state index in [1.165, 1.54) is 18.2 Å². The Labute approximate surface area is 223 Å². The number of nitrogens with one attached hydrogen (secondary N) is 1. The summed E-state index contributed by atoms with van der Waals surface area (Å²) in [7, 11) is 1.42. The smallest absolute Gasteiger partial charge is 0.305 e. The highest BCUT2D eigenvalue weighted by molar-refractivity contribution is 5.70. The summed E-state index contributed by atoms with van der Waals surface area (Å²) in [6.45, 7) is 1.43. The van der Waals surface area contributed by atoms with Gasteiger partial charge in [-0.1, -0.05) is 97.1 Å². The number of methoxy groups -OCH3 is 1. The minimum absolute atomic E-state index is 0.184. The molecule has 0 saturated heterocycles. The number of ether oxygens (including phenoxy) is 1. The summed E-state index contributed by atoms with van der Waals surface area (Å²) < 4.78 is 6.80. The summed E-state index contributed by atoms with van der Waals surface area (Å²) in [6, 6.07) is 39.8. The Morgan fingerprint density at radius 3 is 2.03 bits per heavy atom. The molecule has 190 valence electrons. The molecule has 0 fully saturated rings. The molecular weight excluding hydrogens is 470 g/mol. The second kappa shape index (κ2) is 12.1. The number of rotatable bonds is 10. The minimum Gasteiger partial charge on any atom is -0.469 e. The second-order valence-corrected chi connectivity index (χ2v) is 9.25. The van der Waals surface area contributed by atoms with Crippen molar-refractivity contribution in [1.82, 2.24) is 9.78 Å². The predicted octanol–water partition coefficient (Wildman–Crippen LogP) is 6.98. The highest BCUT2D eigenvalue weighted by Gasteiger charge is 2.12. The third-order valence-corrected chi connectivity index (χ3v) is 6.57. The lowest BCUT2D eigenvalue weighted by molar-refractivity contribution is -0.140. The number of aryl methyl sites for hydroxylation is 1. The van der Waals surface area contributed by atoms with Gasteiger partial charge >= 0.3 is 5.97 Å². The molecule has 0 unspecified atom stereocenters. The molecule has 4 aromatic carbocycles. The molecule has 1 aromatic heterocycles. The van der Waals surface area contributed by atoms with Crippen molar-refractivity contribution in [3.05, 3.63) is 132 Å². The number of carbonyl (C=O) groups excluding carboxylic acids is 1. The SMILES string of the molecule is COC(=O)CCc1ccc(NCc2ccc(Cn3nc(-c4ccccc4)cc3-c3ccccc3)cc2)cc1. The van der Waals surface area contributed by atoms with Crippen LogP contribution in [0.1, 0.15) is 23.1 Å². The number of hydrogen-bond donors (Lipinski definition) is 1. The fourth-order valence-corrected chi connectivity index (χ4v) is 4.41. The normalized spacial score (nSPS) is 10.8. The van der Waals surface area contributed by atoms with Crippen LogP contribution in [0.2, 0.25) is 0 Å². The number of carbonyl (C=O) groups is 1. The summed E-state index contributed by atoms with van der Waals surface area (Å²) in [5, 5.41) is 8.44. The van der Waals surface area contributed by atoms with E-state index in [0.717, 1.165) is 40.3 Å². The standard InChI is InChI=1S/C33H31N3O2/c1-38-33(37)21-18-25-16-19-30(20-17-25)34-23-26-12-14-27(15-13-26)24-36-32(29-10-6-3-7-11-29)22-31(35-36)28-8-4-2-5-9-28/h2-17,19-20,22,34H,18,21,23-24H2,1H3. The van der Waals surface area contributed by atoms with Gasteiger partial charge in [0.25, 0.3) is 0 Å². The molecule has 5 rings (SSSR count). The molecule has 5 nitrogen and oxygen atoms in total. The van der Waals surface area contributed by atoms with Crippen LogP contribution in [0, 0.1) is 0 Å². The Kier molecular flexibility index (Phi) is 7.95. The van der Waals surface area contributed by atoms with Crippen molar-refractivity contribution in [2.75, 3.05) is 12.4 Å². The van der Waals surface area contributed by atoms with Crippen LogP contribution >= 0.6 is 0 Å². The summed E-state index contributed by atoms with van der Waals surface area (Å²) in [4.78, 5) is 11.3. The van der Waals surface area contributed by atoms with E-state index >= 15 is 0 Å². The quantitative estimate of drug-likeness (QED) is 0.210. The molecule has 0 aliphatic carbocycles. The molecule has 5 aromatic rings. The summed E-state index contributed by atoms with van der Waals surface area (Å²) >= 11 is 0. The average Bonchev–Trinajstić information content (AvgIpc) is 3.40. The zero-order valence-electron chi connectivity index (χ0n) is 21.5. The van der Waals surface area contributed by atoms with E-state index in [0.29, 0.717) is 19.4 Å². The van der Waals surface area contributed by atoms with Crippen LogP contribution in [-0.4, -0.2) is 22.9 Å². The molecule has 38 heavy (non-hydrogen) atoms. The van der Waals surface area contributed by atoms with Crippen molar-refractivity contribution in [2.24, 2.45) is 0 Å². The van der Waals surface area contributed by atoms with E-state index in [1.54, 1.807) is 0 Å². The molecule has 0 saturated carbocycles. The van der Waals surface area contributed by atoms with Gasteiger partial charge in [0.2, 0.25) is 0 Å². The molecule has 0 bridgehead atoms. The lowest BCUT2D eigenvalue weighted by atomic mass is 10.1. The fraction of sp³-hybridized carbons (Fsp3) is 0.152. The average molecular weight is 502 g/mol. The van der Waals surface area contributed by atoms with Crippen LogP contribution in [0.4, 0.5) is 5.69 Å². The summed E-state index contributed by atoms with van der Waals surface area (Å²) in [5.41, 5.74) is 8.91. The van der Waals surface area contributed by atoms with Crippen LogP contribution in [0.3, 0.4) is 0 Å².